The van der Waals surface area contributed by atoms with Gasteiger partial charge < -0.3 is 14.8 Å². The number of nitrogens with zero attached hydrogens (tertiary/aromatic N) is 1. The van der Waals surface area contributed by atoms with Crippen molar-refractivity contribution in [1.29, 1.82) is 0 Å². The molecule has 3 aromatic rings. The maximum atomic E-state index is 13.5. The Morgan fingerprint density at radius 3 is 2.21 bits per heavy atom. The molecule has 0 atom stereocenters. The lowest BCUT2D eigenvalue weighted by molar-refractivity contribution is -0.114. The van der Waals surface area contributed by atoms with Crippen LogP contribution in [0.3, 0.4) is 0 Å². The van der Waals surface area contributed by atoms with E-state index < -0.39 is 28.4 Å². The zero-order chi connectivity index (χ0) is 24.7. The number of hydrogen-bond acceptors (Lipinski definition) is 6. The highest BCUT2D eigenvalue weighted by atomic mass is 32.2. The Balaban J connectivity index is 1.95. The molecule has 9 heteroatoms. The molecular weight excluding hydrogens is 456 g/mol. The fourth-order valence-corrected chi connectivity index (χ4v) is 4.65. The average Bonchev–Trinajstić information content (AvgIpc) is 2.83. The van der Waals surface area contributed by atoms with Gasteiger partial charge in [0.2, 0.25) is 5.91 Å². The van der Waals surface area contributed by atoms with Crippen LogP contribution in [0.15, 0.2) is 77.7 Å². The van der Waals surface area contributed by atoms with E-state index in [1.54, 1.807) is 54.6 Å². The minimum Gasteiger partial charge on any atom is -0.494 e. The average molecular weight is 483 g/mol. The van der Waals surface area contributed by atoms with Crippen LogP contribution in [0.2, 0.25) is 0 Å². The lowest BCUT2D eigenvalue weighted by atomic mass is 10.2. The van der Waals surface area contributed by atoms with Gasteiger partial charge in [-0.15, -0.1) is 0 Å². The number of nitrogens with one attached hydrogen (secondary N) is 1. The van der Waals surface area contributed by atoms with Crippen LogP contribution in [0.25, 0.3) is 0 Å². The Labute approximate surface area is 199 Å². The number of amides is 1. The van der Waals surface area contributed by atoms with Gasteiger partial charge in [-0.3, -0.25) is 9.10 Å². The third-order valence-corrected chi connectivity index (χ3v) is 6.73. The fourth-order valence-electron chi connectivity index (χ4n) is 3.23. The van der Waals surface area contributed by atoms with E-state index in [4.69, 9.17) is 9.47 Å². The van der Waals surface area contributed by atoms with E-state index in [-0.39, 0.29) is 16.1 Å². The summed E-state index contributed by atoms with van der Waals surface area (Å²) in [5.74, 6) is -0.664. The number of methoxy groups -OCH3 is 1. The molecule has 0 heterocycles. The Morgan fingerprint density at radius 1 is 0.941 bits per heavy atom. The topological polar surface area (TPSA) is 102 Å². The van der Waals surface area contributed by atoms with Gasteiger partial charge in [0.05, 0.1) is 35.6 Å². The Hall–Kier alpha value is -3.85. The third-order valence-electron chi connectivity index (χ3n) is 4.94. The summed E-state index contributed by atoms with van der Waals surface area (Å²) in [6.07, 6.45) is 0. The van der Waals surface area contributed by atoms with E-state index >= 15 is 0 Å². The largest absolute Gasteiger partial charge is 0.494 e. The molecule has 0 unspecified atom stereocenters. The van der Waals surface area contributed by atoms with E-state index in [9.17, 15) is 18.0 Å². The van der Waals surface area contributed by atoms with Gasteiger partial charge in [0.25, 0.3) is 10.0 Å². The van der Waals surface area contributed by atoms with E-state index in [2.05, 4.69) is 5.32 Å². The Kier molecular flexibility index (Phi) is 7.91. The van der Waals surface area contributed by atoms with Crippen molar-refractivity contribution in [2.45, 2.75) is 18.7 Å². The maximum absolute atomic E-state index is 13.5. The van der Waals surface area contributed by atoms with Crippen LogP contribution < -0.4 is 14.4 Å². The number of para-hydroxylation sites is 1. The van der Waals surface area contributed by atoms with Crippen molar-refractivity contribution < 1.29 is 27.5 Å². The van der Waals surface area contributed by atoms with Crippen molar-refractivity contribution >= 4 is 33.3 Å². The van der Waals surface area contributed by atoms with Gasteiger partial charge in [-0.05, 0) is 62.4 Å². The molecule has 0 radical (unpaired) electrons. The van der Waals surface area contributed by atoms with Gasteiger partial charge in [-0.25, -0.2) is 13.2 Å². The van der Waals surface area contributed by atoms with Crippen LogP contribution in [-0.2, 0) is 19.6 Å². The second kappa shape index (κ2) is 10.8. The number of benzene rings is 3. The van der Waals surface area contributed by atoms with Gasteiger partial charge in [0.1, 0.15) is 12.3 Å². The van der Waals surface area contributed by atoms with Gasteiger partial charge in [-0.2, -0.15) is 0 Å². The van der Waals surface area contributed by atoms with Crippen LogP contribution in [0.5, 0.6) is 5.75 Å². The number of carbonyl (C=O) groups excluding carboxylic acids is 2. The highest BCUT2D eigenvalue weighted by Gasteiger charge is 2.28. The molecule has 3 rings (SSSR count). The van der Waals surface area contributed by atoms with Crippen molar-refractivity contribution in [3.8, 4) is 5.75 Å². The molecule has 0 fully saturated rings. The first-order valence-corrected chi connectivity index (χ1v) is 12.0. The van der Waals surface area contributed by atoms with Crippen LogP contribution in [0, 0.1) is 6.92 Å². The molecule has 0 aromatic heterocycles. The molecule has 0 aliphatic rings. The molecular formula is C25H26N2O6S. The summed E-state index contributed by atoms with van der Waals surface area (Å²) in [4.78, 5) is 25.0. The maximum Gasteiger partial charge on any atom is 0.339 e. The number of carbonyl (C=O) groups is 2. The second-order valence-corrected chi connectivity index (χ2v) is 9.20. The Morgan fingerprint density at radius 2 is 1.59 bits per heavy atom. The number of ether oxygens (including phenoxy) is 2. The summed E-state index contributed by atoms with van der Waals surface area (Å²) >= 11 is 0. The molecule has 0 spiro atoms. The van der Waals surface area contributed by atoms with E-state index in [0.29, 0.717) is 18.0 Å². The summed E-state index contributed by atoms with van der Waals surface area (Å²) in [6.45, 7) is 3.65. The van der Waals surface area contributed by atoms with Gasteiger partial charge in [0, 0.05) is 0 Å². The SMILES string of the molecule is CCOc1ccc(N(CC(=O)Nc2ccccc2C(=O)OC)S(=O)(=O)c2ccc(C)cc2)cc1. The number of aryl methyl sites for hydroxylation is 1. The van der Waals surface area contributed by atoms with E-state index in [1.807, 2.05) is 13.8 Å². The molecule has 178 valence electrons. The fraction of sp³-hybridized carbons (Fsp3) is 0.200. The minimum atomic E-state index is -4.07. The van der Waals surface area contributed by atoms with Gasteiger partial charge in [0.15, 0.2) is 0 Å². The zero-order valence-corrected chi connectivity index (χ0v) is 20.0. The molecule has 1 amide bonds. The van der Waals surface area contributed by atoms with Gasteiger partial charge >= 0.3 is 5.97 Å². The van der Waals surface area contributed by atoms with E-state index in [1.165, 1.54) is 25.3 Å². The molecule has 34 heavy (non-hydrogen) atoms. The molecule has 0 bridgehead atoms. The smallest absolute Gasteiger partial charge is 0.339 e. The molecule has 3 aromatic carbocycles. The highest BCUT2D eigenvalue weighted by molar-refractivity contribution is 7.92. The van der Waals surface area contributed by atoms with Crippen LogP contribution in [0.1, 0.15) is 22.8 Å². The predicted octanol–water partition coefficient (Wildman–Crippen LogP) is 4.01. The number of sulfonamides is 1. The van der Waals surface area contributed by atoms with Gasteiger partial charge in [-0.1, -0.05) is 29.8 Å². The number of esters is 1. The summed E-state index contributed by atoms with van der Waals surface area (Å²) in [7, 11) is -2.84. The molecule has 0 aliphatic carbocycles. The normalized spacial score (nSPS) is 10.9. The first kappa shape index (κ1) is 24.8. The van der Waals surface area contributed by atoms with Crippen LogP contribution in [0.4, 0.5) is 11.4 Å². The first-order chi connectivity index (χ1) is 16.3. The molecule has 0 saturated heterocycles. The van der Waals surface area contributed by atoms with Crippen molar-refractivity contribution in [2.24, 2.45) is 0 Å². The summed E-state index contributed by atoms with van der Waals surface area (Å²) < 4.78 is 38.2. The minimum absolute atomic E-state index is 0.0507. The molecule has 8 nitrogen and oxygen atoms in total. The van der Waals surface area contributed by atoms with Crippen LogP contribution >= 0.6 is 0 Å². The molecule has 0 saturated carbocycles. The van der Waals surface area contributed by atoms with Crippen molar-refractivity contribution in [3.63, 3.8) is 0 Å². The van der Waals surface area contributed by atoms with Crippen LogP contribution in [-0.4, -0.2) is 40.6 Å². The summed E-state index contributed by atoms with van der Waals surface area (Å²) in [5, 5.41) is 2.62. The second-order valence-electron chi connectivity index (χ2n) is 7.34. The molecule has 1 N–H and O–H groups in total. The summed E-state index contributed by atoms with van der Waals surface area (Å²) in [5.41, 5.74) is 1.58. The number of anilines is 2. The van der Waals surface area contributed by atoms with Crippen molar-refractivity contribution in [1.82, 2.24) is 0 Å². The van der Waals surface area contributed by atoms with Crippen molar-refractivity contribution in [3.05, 3.63) is 83.9 Å². The third kappa shape index (κ3) is 5.74. The Bertz CT molecular complexity index is 1260. The number of hydrogen-bond donors (Lipinski definition) is 1. The predicted molar refractivity (Wildman–Crippen MR) is 130 cm³/mol. The van der Waals surface area contributed by atoms with Crippen molar-refractivity contribution in [2.75, 3.05) is 29.9 Å². The van der Waals surface area contributed by atoms with E-state index in [0.717, 1.165) is 9.87 Å². The lowest BCUT2D eigenvalue weighted by Gasteiger charge is -2.24. The first-order valence-electron chi connectivity index (χ1n) is 10.6. The standard InChI is InChI=1S/C25H26N2O6S/c1-4-33-20-13-11-19(12-14-20)27(34(30,31)21-15-9-18(2)10-16-21)17-24(28)26-23-8-6-5-7-22(23)25(29)32-3/h5-16H,4,17H2,1-3H3,(H,26,28). The summed E-state index contributed by atoms with van der Waals surface area (Å²) in [6, 6.07) is 19.1. The molecule has 0 aliphatic heterocycles. The number of rotatable bonds is 9. The lowest BCUT2D eigenvalue weighted by Crippen LogP contribution is -2.38. The monoisotopic (exact) mass is 482 g/mol. The quantitative estimate of drug-likeness (QED) is 0.462. The zero-order valence-electron chi connectivity index (χ0n) is 19.1. The highest BCUT2D eigenvalue weighted by Crippen LogP contribution is 2.26.